The highest BCUT2D eigenvalue weighted by Gasteiger charge is 2.21. The van der Waals surface area contributed by atoms with Gasteiger partial charge in [0.05, 0.1) is 6.54 Å². The van der Waals surface area contributed by atoms with Gasteiger partial charge in [-0.3, -0.25) is 4.90 Å². The van der Waals surface area contributed by atoms with Gasteiger partial charge in [0, 0.05) is 56.8 Å². The van der Waals surface area contributed by atoms with Crippen LogP contribution >= 0.6 is 11.3 Å². The topological polar surface area (TPSA) is 30.3 Å². The van der Waals surface area contributed by atoms with E-state index in [2.05, 4.69) is 38.2 Å². The molecule has 3 rings (SSSR count). The van der Waals surface area contributed by atoms with Gasteiger partial charge in [0.1, 0.15) is 5.01 Å². The van der Waals surface area contributed by atoms with Gasteiger partial charge in [-0.25, -0.2) is 4.98 Å². The van der Waals surface area contributed by atoms with Crippen molar-refractivity contribution in [3.05, 3.63) is 40.6 Å². The fraction of sp³-hybridized carbons (Fsp3) is 0.533. The Labute approximate surface area is 124 Å². The summed E-state index contributed by atoms with van der Waals surface area (Å²) in [7, 11) is 1.78. The fourth-order valence-electron chi connectivity index (χ4n) is 2.88. The van der Waals surface area contributed by atoms with Crippen LogP contribution < -0.4 is 0 Å². The monoisotopic (exact) mass is 291 g/mol. The maximum absolute atomic E-state index is 5.26. The van der Waals surface area contributed by atoms with E-state index in [1.807, 2.05) is 6.20 Å². The number of rotatable bonds is 5. The predicted octanol–water partition coefficient (Wildman–Crippen LogP) is 2.61. The van der Waals surface area contributed by atoms with Crippen LogP contribution in [0.2, 0.25) is 0 Å². The summed E-state index contributed by atoms with van der Waals surface area (Å²) in [5.74, 6) is 0.642. The molecule has 1 aliphatic heterocycles. The van der Waals surface area contributed by atoms with Gasteiger partial charge >= 0.3 is 0 Å². The minimum absolute atomic E-state index is 0.642. The van der Waals surface area contributed by atoms with E-state index in [1.165, 1.54) is 10.7 Å². The van der Waals surface area contributed by atoms with Crippen LogP contribution in [0.5, 0.6) is 0 Å². The molecule has 0 amide bonds. The lowest BCUT2D eigenvalue weighted by molar-refractivity contribution is 0.151. The van der Waals surface area contributed by atoms with E-state index in [4.69, 9.17) is 4.74 Å². The Hall–Kier alpha value is -1.17. The molecule has 0 spiro atoms. The van der Waals surface area contributed by atoms with Gasteiger partial charge in [-0.1, -0.05) is 0 Å². The molecule has 0 aromatic carbocycles. The molecule has 1 aliphatic rings. The predicted molar refractivity (Wildman–Crippen MR) is 80.6 cm³/mol. The van der Waals surface area contributed by atoms with Gasteiger partial charge < -0.3 is 9.30 Å². The van der Waals surface area contributed by atoms with Crippen molar-refractivity contribution in [3.63, 3.8) is 0 Å². The molecule has 0 fully saturated rings. The van der Waals surface area contributed by atoms with E-state index in [9.17, 15) is 0 Å². The molecule has 0 saturated heterocycles. The van der Waals surface area contributed by atoms with Crippen molar-refractivity contribution >= 4 is 11.3 Å². The fourth-order valence-corrected chi connectivity index (χ4v) is 3.53. The summed E-state index contributed by atoms with van der Waals surface area (Å²) in [6.07, 6.45) is 5.20. The normalized spacial score (nSPS) is 19.8. The highest BCUT2D eigenvalue weighted by Crippen LogP contribution is 2.21. The van der Waals surface area contributed by atoms with Gasteiger partial charge in [-0.15, -0.1) is 11.3 Å². The number of nitrogens with zero attached hydrogens (tertiary/aromatic N) is 3. The van der Waals surface area contributed by atoms with Gasteiger partial charge in [-0.2, -0.15) is 0 Å². The second kappa shape index (κ2) is 6.52. The van der Waals surface area contributed by atoms with Gasteiger partial charge in [-0.05, 0) is 24.5 Å². The number of ether oxygens (including phenoxy) is 1. The molecule has 2 aromatic heterocycles. The first-order valence-corrected chi connectivity index (χ1v) is 7.97. The average Bonchev–Trinajstić information content (AvgIpc) is 3.06. The second-order valence-electron chi connectivity index (χ2n) is 5.39. The smallest absolute Gasteiger partial charge is 0.107 e. The van der Waals surface area contributed by atoms with Crippen LogP contribution in [0.4, 0.5) is 0 Å². The Morgan fingerprint density at radius 1 is 1.45 bits per heavy atom. The van der Waals surface area contributed by atoms with E-state index in [-0.39, 0.29) is 0 Å². The summed E-state index contributed by atoms with van der Waals surface area (Å²) in [5.41, 5.74) is 1.40. The number of aromatic nitrogens is 2. The molecular formula is C15H21N3OS. The maximum atomic E-state index is 5.26. The first-order chi connectivity index (χ1) is 9.85. The zero-order valence-corrected chi connectivity index (χ0v) is 12.7. The standard InChI is InChI=1S/C15H21N3OS/c1-19-7-4-13-9-17(12-15-16-5-8-20-15)11-14-3-2-6-18(14)10-13/h2-3,5-6,8,13H,4,7,9-12H2,1H3/t13-/m0/s1. The highest BCUT2D eigenvalue weighted by molar-refractivity contribution is 7.09. The number of methoxy groups -OCH3 is 1. The molecule has 1 atom stereocenters. The number of hydrogen-bond donors (Lipinski definition) is 0. The molecule has 0 saturated carbocycles. The van der Waals surface area contributed by atoms with E-state index < -0.39 is 0 Å². The van der Waals surface area contributed by atoms with Crippen LogP contribution in [0.3, 0.4) is 0 Å². The van der Waals surface area contributed by atoms with E-state index in [0.29, 0.717) is 5.92 Å². The highest BCUT2D eigenvalue weighted by atomic mass is 32.1. The Bertz CT molecular complexity index is 523. The number of hydrogen-bond acceptors (Lipinski definition) is 4. The first kappa shape index (κ1) is 13.8. The van der Waals surface area contributed by atoms with Gasteiger partial charge in [0.2, 0.25) is 0 Å². The summed E-state index contributed by atoms with van der Waals surface area (Å²) in [6, 6.07) is 4.38. The van der Waals surface area contributed by atoms with E-state index >= 15 is 0 Å². The van der Waals surface area contributed by atoms with Crippen molar-refractivity contribution < 1.29 is 4.74 Å². The minimum atomic E-state index is 0.642. The third-order valence-electron chi connectivity index (χ3n) is 3.85. The van der Waals surface area contributed by atoms with Crippen LogP contribution in [0.15, 0.2) is 29.9 Å². The summed E-state index contributed by atoms with van der Waals surface area (Å²) in [6.45, 7) is 5.01. The summed E-state index contributed by atoms with van der Waals surface area (Å²) in [4.78, 5) is 6.93. The van der Waals surface area contributed by atoms with Crippen molar-refractivity contribution in [3.8, 4) is 0 Å². The van der Waals surface area contributed by atoms with Gasteiger partial charge in [0.15, 0.2) is 0 Å². The largest absolute Gasteiger partial charge is 0.385 e. The Balaban J connectivity index is 1.73. The molecule has 0 bridgehead atoms. The van der Waals surface area contributed by atoms with Crippen LogP contribution in [0, 0.1) is 5.92 Å². The van der Waals surface area contributed by atoms with Crippen LogP contribution in [0.25, 0.3) is 0 Å². The van der Waals surface area contributed by atoms with E-state index in [1.54, 1.807) is 18.4 Å². The molecule has 2 aromatic rings. The van der Waals surface area contributed by atoms with Crippen LogP contribution in [-0.2, 0) is 24.4 Å². The minimum Gasteiger partial charge on any atom is -0.385 e. The van der Waals surface area contributed by atoms with Crippen molar-refractivity contribution in [1.29, 1.82) is 0 Å². The SMILES string of the molecule is COCC[C@H]1CN(Cc2nccs2)Cc2cccn2C1. The van der Waals surface area contributed by atoms with Gasteiger partial charge in [0.25, 0.3) is 0 Å². The summed E-state index contributed by atoms with van der Waals surface area (Å²) >= 11 is 1.74. The molecule has 20 heavy (non-hydrogen) atoms. The Kier molecular flexibility index (Phi) is 4.50. The molecule has 108 valence electrons. The summed E-state index contributed by atoms with van der Waals surface area (Å²) in [5, 5.41) is 3.26. The molecule has 0 unspecified atom stereocenters. The van der Waals surface area contributed by atoms with Crippen molar-refractivity contribution in [2.45, 2.75) is 26.1 Å². The summed E-state index contributed by atoms with van der Waals surface area (Å²) < 4.78 is 7.65. The molecule has 0 radical (unpaired) electrons. The van der Waals surface area contributed by atoms with Crippen LogP contribution in [0.1, 0.15) is 17.1 Å². The molecule has 5 heteroatoms. The number of fused-ring (bicyclic) bond motifs is 1. The lowest BCUT2D eigenvalue weighted by Gasteiger charge is -2.22. The van der Waals surface area contributed by atoms with Crippen LogP contribution in [-0.4, -0.2) is 34.7 Å². The quantitative estimate of drug-likeness (QED) is 0.848. The molecule has 3 heterocycles. The molecule has 0 N–H and O–H groups in total. The second-order valence-corrected chi connectivity index (χ2v) is 6.37. The maximum Gasteiger partial charge on any atom is 0.107 e. The molecular weight excluding hydrogens is 270 g/mol. The first-order valence-electron chi connectivity index (χ1n) is 7.09. The average molecular weight is 291 g/mol. The Morgan fingerprint density at radius 3 is 3.20 bits per heavy atom. The number of thiazole rings is 1. The third-order valence-corrected chi connectivity index (χ3v) is 4.62. The van der Waals surface area contributed by atoms with Crippen molar-refractivity contribution in [2.75, 3.05) is 20.3 Å². The zero-order chi connectivity index (χ0) is 13.8. The Morgan fingerprint density at radius 2 is 2.40 bits per heavy atom. The molecule has 0 aliphatic carbocycles. The van der Waals surface area contributed by atoms with Crippen molar-refractivity contribution in [1.82, 2.24) is 14.5 Å². The lowest BCUT2D eigenvalue weighted by Crippen LogP contribution is -2.28. The third kappa shape index (κ3) is 3.29. The molecule has 4 nitrogen and oxygen atoms in total. The van der Waals surface area contributed by atoms with Crippen molar-refractivity contribution in [2.24, 2.45) is 5.92 Å². The lowest BCUT2D eigenvalue weighted by atomic mass is 10.1. The van der Waals surface area contributed by atoms with E-state index in [0.717, 1.165) is 39.2 Å². The zero-order valence-electron chi connectivity index (χ0n) is 11.9.